The average molecular weight is 550 g/mol. The van der Waals surface area contributed by atoms with Crippen molar-refractivity contribution in [1.82, 2.24) is 4.90 Å². The van der Waals surface area contributed by atoms with Gasteiger partial charge in [0.2, 0.25) is 9.84 Å². The van der Waals surface area contributed by atoms with Crippen molar-refractivity contribution in [2.45, 2.75) is 48.9 Å². The van der Waals surface area contributed by atoms with Crippen LogP contribution in [0.5, 0.6) is 17.2 Å². The number of rotatable bonds is 10. The predicted molar refractivity (Wildman–Crippen MR) is 151 cm³/mol. The van der Waals surface area contributed by atoms with E-state index in [1.807, 2.05) is 26.0 Å². The number of fused-ring (bicyclic) bond motifs is 2. The molecule has 1 aromatic heterocycles. The van der Waals surface area contributed by atoms with Crippen molar-refractivity contribution in [2.75, 3.05) is 33.9 Å². The highest BCUT2D eigenvalue weighted by Gasteiger charge is 2.31. The molecule has 1 aliphatic rings. The van der Waals surface area contributed by atoms with Gasteiger partial charge < -0.3 is 18.6 Å². The van der Waals surface area contributed by atoms with E-state index in [1.165, 1.54) is 11.1 Å². The number of ether oxygens (including phenoxy) is 3. The largest absolute Gasteiger partial charge is 0.493 e. The molecule has 4 aromatic rings. The van der Waals surface area contributed by atoms with Crippen LogP contribution in [0.4, 0.5) is 0 Å². The molecule has 0 amide bonds. The molecular formula is C31H35NO6S. The molecule has 39 heavy (non-hydrogen) atoms. The van der Waals surface area contributed by atoms with Crippen LogP contribution in [0.15, 0.2) is 74.9 Å². The van der Waals surface area contributed by atoms with Crippen molar-refractivity contribution in [3.05, 3.63) is 77.6 Å². The Hall–Kier alpha value is -3.49. The molecule has 7 nitrogen and oxygen atoms in total. The molecule has 0 fully saturated rings. The van der Waals surface area contributed by atoms with Gasteiger partial charge in [0.05, 0.1) is 31.1 Å². The molecule has 0 bridgehead atoms. The van der Waals surface area contributed by atoms with Gasteiger partial charge in [0.1, 0.15) is 22.0 Å². The molecule has 5 rings (SSSR count). The van der Waals surface area contributed by atoms with Gasteiger partial charge in [-0.1, -0.05) is 38.1 Å². The van der Waals surface area contributed by atoms with E-state index in [0.29, 0.717) is 29.1 Å². The van der Waals surface area contributed by atoms with Gasteiger partial charge in [-0.25, -0.2) is 8.42 Å². The molecule has 0 N–H and O–H groups in total. The first-order chi connectivity index (χ1) is 18.8. The Bertz CT molecular complexity index is 1560. The van der Waals surface area contributed by atoms with Gasteiger partial charge in [-0.05, 0) is 60.4 Å². The van der Waals surface area contributed by atoms with E-state index in [1.54, 1.807) is 50.6 Å². The van der Waals surface area contributed by atoms with Crippen molar-refractivity contribution in [3.63, 3.8) is 0 Å². The monoisotopic (exact) mass is 549 g/mol. The van der Waals surface area contributed by atoms with Crippen LogP contribution in [0.3, 0.4) is 0 Å². The molecule has 206 valence electrons. The first-order valence-corrected chi connectivity index (χ1v) is 14.8. The highest BCUT2D eigenvalue weighted by Crippen LogP contribution is 2.42. The van der Waals surface area contributed by atoms with Crippen LogP contribution >= 0.6 is 0 Å². The summed E-state index contributed by atoms with van der Waals surface area (Å²) in [5.41, 5.74) is 3.06. The number of nitrogens with zero attached hydrogens (tertiary/aromatic N) is 1. The van der Waals surface area contributed by atoms with Crippen molar-refractivity contribution < 1.29 is 27.0 Å². The smallest absolute Gasteiger partial charge is 0.210 e. The fourth-order valence-corrected chi connectivity index (χ4v) is 6.96. The van der Waals surface area contributed by atoms with Crippen LogP contribution in [0, 0.1) is 0 Å². The van der Waals surface area contributed by atoms with E-state index in [9.17, 15) is 8.42 Å². The summed E-state index contributed by atoms with van der Waals surface area (Å²) in [7, 11) is -0.493. The highest BCUT2D eigenvalue weighted by atomic mass is 32.2. The van der Waals surface area contributed by atoms with Gasteiger partial charge in [0, 0.05) is 25.6 Å². The number of methoxy groups -OCH3 is 2. The summed E-state index contributed by atoms with van der Waals surface area (Å²) < 4.78 is 50.8. The molecular weight excluding hydrogens is 514 g/mol. The van der Waals surface area contributed by atoms with Crippen LogP contribution < -0.4 is 14.2 Å². The van der Waals surface area contributed by atoms with E-state index in [-0.39, 0.29) is 15.7 Å². The van der Waals surface area contributed by atoms with Gasteiger partial charge in [0.15, 0.2) is 11.5 Å². The van der Waals surface area contributed by atoms with Crippen LogP contribution in [-0.4, -0.2) is 47.2 Å². The molecule has 0 radical (unpaired) electrons. The van der Waals surface area contributed by atoms with E-state index in [4.69, 9.17) is 18.6 Å². The number of hydrogen-bond acceptors (Lipinski definition) is 7. The third-order valence-corrected chi connectivity index (χ3v) is 9.01. The molecule has 0 aliphatic carbocycles. The zero-order chi connectivity index (χ0) is 27.6. The van der Waals surface area contributed by atoms with E-state index >= 15 is 0 Å². The molecule has 0 atom stereocenters. The maximum Gasteiger partial charge on any atom is 0.210 e. The molecule has 0 spiro atoms. The van der Waals surface area contributed by atoms with Gasteiger partial charge in [-0.2, -0.15) is 0 Å². The zero-order valence-electron chi connectivity index (χ0n) is 22.9. The lowest BCUT2D eigenvalue weighted by atomic mass is 9.98. The van der Waals surface area contributed by atoms with Crippen molar-refractivity contribution in [2.24, 2.45) is 0 Å². The van der Waals surface area contributed by atoms with Gasteiger partial charge >= 0.3 is 0 Å². The molecule has 0 saturated heterocycles. The second-order valence-corrected chi connectivity index (χ2v) is 12.0. The summed E-state index contributed by atoms with van der Waals surface area (Å²) in [5, 5.41) is 0.512. The Morgan fingerprint density at radius 3 is 2.33 bits per heavy atom. The third-order valence-electron chi connectivity index (χ3n) is 7.18. The molecule has 1 aliphatic heterocycles. The lowest BCUT2D eigenvalue weighted by molar-refractivity contribution is 0.221. The topological polar surface area (TPSA) is 78.2 Å². The molecule has 0 saturated carbocycles. The number of benzene rings is 3. The second-order valence-electron chi connectivity index (χ2n) is 10.1. The Morgan fingerprint density at radius 1 is 0.923 bits per heavy atom. The van der Waals surface area contributed by atoms with Crippen LogP contribution in [-0.2, 0) is 22.8 Å². The van der Waals surface area contributed by atoms with E-state index < -0.39 is 9.84 Å². The van der Waals surface area contributed by atoms with Crippen LogP contribution in [0.25, 0.3) is 11.0 Å². The number of sulfone groups is 1. The zero-order valence-corrected chi connectivity index (χ0v) is 23.7. The second kappa shape index (κ2) is 11.3. The Labute approximate surface area is 230 Å². The summed E-state index contributed by atoms with van der Waals surface area (Å²) in [6.07, 6.45) is 1.75. The molecule has 8 heteroatoms. The Morgan fingerprint density at radius 2 is 1.64 bits per heavy atom. The minimum atomic E-state index is -3.81. The third kappa shape index (κ3) is 5.36. The summed E-state index contributed by atoms with van der Waals surface area (Å²) in [6.45, 7) is 6.99. The number of furan rings is 1. The minimum Gasteiger partial charge on any atom is -0.493 e. The first kappa shape index (κ1) is 27.1. The normalized spacial score (nSPS) is 14.0. The predicted octanol–water partition coefficient (Wildman–Crippen LogP) is 6.23. The van der Waals surface area contributed by atoms with E-state index in [0.717, 1.165) is 44.0 Å². The summed E-state index contributed by atoms with van der Waals surface area (Å²) in [4.78, 5) is 2.84. The first-order valence-electron chi connectivity index (χ1n) is 13.3. The Kier molecular flexibility index (Phi) is 7.86. The maximum absolute atomic E-state index is 13.8. The quantitative estimate of drug-likeness (QED) is 0.217. The van der Waals surface area contributed by atoms with Crippen molar-refractivity contribution >= 4 is 20.8 Å². The van der Waals surface area contributed by atoms with Crippen molar-refractivity contribution in [1.29, 1.82) is 0 Å². The lowest BCUT2D eigenvalue weighted by Crippen LogP contribution is -2.32. The number of hydrogen-bond donors (Lipinski definition) is 0. The van der Waals surface area contributed by atoms with Crippen LogP contribution in [0.2, 0.25) is 0 Å². The Balaban J connectivity index is 1.33. The summed E-state index contributed by atoms with van der Waals surface area (Å²) in [5.74, 6) is 2.37. The van der Waals surface area contributed by atoms with E-state index in [2.05, 4.69) is 17.0 Å². The van der Waals surface area contributed by atoms with Crippen molar-refractivity contribution in [3.8, 4) is 17.2 Å². The summed E-state index contributed by atoms with van der Waals surface area (Å²) in [6, 6.07) is 18.1. The molecule has 3 aromatic carbocycles. The van der Waals surface area contributed by atoms with Gasteiger partial charge in [0.25, 0.3) is 0 Å². The van der Waals surface area contributed by atoms with Crippen LogP contribution in [0.1, 0.15) is 43.1 Å². The SMILES string of the molecule is COc1cc2c(cc1OC)CN(CCCOc1cccc3oc(C(C)C)c(S(=O)(=O)c4ccccc4)c13)CC2. The standard InChI is InChI=1S/C31H35NO6S/c1-21(2)30-31(39(33,34)24-10-6-5-7-11-24)29-25(12-8-13-26(29)38-30)37-17-9-15-32-16-14-22-18-27(35-3)28(36-4)19-23(22)20-32/h5-8,10-13,18-19,21H,9,14-17,20H2,1-4H3. The molecule has 2 heterocycles. The lowest BCUT2D eigenvalue weighted by Gasteiger charge is -2.29. The highest BCUT2D eigenvalue weighted by molar-refractivity contribution is 7.91. The fraction of sp³-hybridized carbons (Fsp3) is 0.355. The summed E-state index contributed by atoms with van der Waals surface area (Å²) >= 11 is 0. The molecule has 0 unspecified atom stereocenters. The van der Waals surface area contributed by atoms with Gasteiger partial charge in [-0.15, -0.1) is 0 Å². The fourth-order valence-electron chi connectivity index (χ4n) is 5.20. The minimum absolute atomic E-state index is 0.112. The average Bonchev–Trinajstić information content (AvgIpc) is 3.37. The van der Waals surface area contributed by atoms with Gasteiger partial charge in [-0.3, -0.25) is 4.90 Å². The maximum atomic E-state index is 13.8.